The molecule has 1 aromatic carbocycles. The first-order valence-electron chi connectivity index (χ1n) is 5.20. The van der Waals surface area contributed by atoms with E-state index in [9.17, 15) is 4.39 Å². The van der Waals surface area contributed by atoms with E-state index in [1.807, 2.05) is 4.90 Å². The topological polar surface area (TPSA) is 15.3 Å². The summed E-state index contributed by atoms with van der Waals surface area (Å²) in [5.74, 6) is -0.295. The molecule has 0 saturated heterocycles. The van der Waals surface area contributed by atoms with E-state index in [1.165, 1.54) is 12.1 Å². The molecule has 17 heavy (non-hydrogen) atoms. The van der Waals surface area contributed by atoms with E-state index in [-0.39, 0.29) is 5.82 Å². The van der Waals surface area contributed by atoms with Crippen molar-refractivity contribution >= 4 is 23.0 Å². The van der Waals surface area contributed by atoms with Crippen molar-refractivity contribution in [1.29, 1.82) is 0 Å². The number of nitrogens with one attached hydrogen (secondary N) is 1. The van der Waals surface area contributed by atoms with Crippen LogP contribution in [-0.2, 0) is 0 Å². The molecule has 0 heterocycles. The highest BCUT2D eigenvalue weighted by atomic mass is 32.1. The van der Waals surface area contributed by atoms with Crippen molar-refractivity contribution in [1.82, 2.24) is 4.90 Å². The number of benzene rings is 1. The number of thiocarbonyl (C=S) groups is 1. The van der Waals surface area contributed by atoms with Crippen LogP contribution < -0.4 is 5.32 Å². The Morgan fingerprint density at radius 3 is 2.53 bits per heavy atom. The van der Waals surface area contributed by atoms with Gasteiger partial charge in [-0.2, -0.15) is 0 Å². The van der Waals surface area contributed by atoms with Gasteiger partial charge in [0.1, 0.15) is 5.82 Å². The van der Waals surface area contributed by atoms with E-state index in [2.05, 4.69) is 18.5 Å². The highest BCUT2D eigenvalue weighted by Gasteiger charge is 2.06. The van der Waals surface area contributed by atoms with Crippen LogP contribution in [0.1, 0.15) is 0 Å². The SMILES string of the molecule is C=CCN(CC=C)C(=S)Nc1cccc(F)c1. The lowest BCUT2D eigenvalue weighted by atomic mass is 10.3. The molecule has 0 saturated carbocycles. The summed E-state index contributed by atoms with van der Waals surface area (Å²) in [5.41, 5.74) is 0.633. The Kier molecular flexibility index (Phi) is 5.36. The molecule has 1 N–H and O–H groups in total. The lowest BCUT2D eigenvalue weighted by molar-refractivity contribution is 0.522. The fourth-order valence-corrected chi connectivity index (χ4v) is 1.59. The summed E-state index contributed by atoms with van der Waals surface area (Å²) in [6.07, 6.45) is 3.51. The summed E-state index contributed by atoms with van der Waals surface area (Å²) >= 11 is 5.23. The van der Waals surface area contributed by atoms with E-state index in [1.54, 1.807) is 24.3 Å². The third-order valence-corrected chi connectivity index (χ3v) is 2.42. The average Bonchev–Trinajstić information content (AvgIpc) is 2.28. The van der Waals surface area contributed by atoms with Gasteiger partial charge in [-0.05, 0) is 30.4 Å². The van der Waals surface area contributed by atoms with Gasteiger partial charge in [0.2, 0.25) is 0 Å². The first-order chi connectivity index (χ1) is 8.17. The number of rotatable bonds is 5. The van der Waals surface area contributed by atoms with Gasteiger partial charge < -0.3 is 10.2 Å². The molecule has 0 bridgehead atoms. The van der Waals surface area contributed by atoms with Crippen LogP contribution in [0.4, 0.5) is 10.1 Å². The van der Waals surface area contributed by atoms with Crippen LogP contribution in [-0.4, -0.2) is 23.1 Å². The molecule has 0 aliphatic heterocycles. The van der Waals surface area contributed by atoms with Gasteiger partial charge in [-0.15, -0.1) is 13.2 Å². The maximum Gasteiger partial charge on any atom is 0.173 e. The summed E-state index contributed by atoms with van der Waals surface area (Å²) in [6.45, 7) is 8.56. The normalized spacial score (nSPS) is 9.47. The van der Waals surface area contributed by atoms with Crippen LogP contribution >= 0.6 is 12.2 Å². The van der Waals surface area contributed by atoms with Crippen LogP contribution in [0.25, 0.3) is 0 Å². The lowest BCUT2D eigenvalue weighted by Crippen LogP contribution is -2.34. The van der Waals surface area contributed by atoms with Crippen molar-refractivity contribution in [3.05, 3.63) is 55.4 Å². The van der Waals surface area contributed by atoms with Crippen molar-refractivity contribution in [2.75, 3.05) is 18.4 Å². The molecule has 0 amide bonds. The zero-order chi connectivity index (χ0) is 12.7. The first-order valence-corrected chi connectivity index (χ1v) is 5.61. The molecule has 1 aromatic rings. The molecule has 0 unspecified atom stereocenters. The number of halogens is 1. The van der Waals surface area contributed by atoms with Crippen molar-refractivity contribution in [2.24, 2.45) is 0 Å². The van der Waals surface area contributed by atoms with Gasteiger partial charge in [0.05, 0.1) is 0 Å². The minimum atomic E-state index is -0.295. The first kappa shape index (κ1) is 13.4. The van der Waals surface area contributed by atoms with Crippen LogP contribution in [0, 0.1) is 5.82 Å². The Bertz CT molecular complexity index is 408. The fraction of sp³-hybridized carbons (Fsp3) is 0.154. The van der Waals surface area contributed by atoms with E-state index in [0.717, 1.165) is 0 Å². The van der Waals surface area contributed by atoms with Gasteiger partial charge in [-0.3, -0.25) is 0 Å². The van der Waals surface area contributed by atoms with Crippen molar-refractivity contribution in [3.63, 3.8) is 0 Å². The predicted molar refractivity (Wildman–Crippen MR) is 74.6 cm³/mol. The maximum absolute atomic E-state index is 13.0. The summed E-state index contributed by atoms with van der Waals surface area (Å²) in [6, 6.07) is 6.17. The van der Waals surface area contributed by atoms with E-state index >= 15 is 0 Å². The lowest BCUT2D eigenvalue weighted by Gasteiger charge is -2.23. The molecular weight excluding hydrogens is 235 g/mol. The second-order valence-corrected chi connectivity index (χ2v) is 3.81. The van der Waals surface area contributed by atoms with E-state index in [0.29, 0.717) is 23.9 Å². The van der Waals surface area contributed by atoms with Gasteiger partial charge in [0, 0.05) is 18.8 Å². The zero-order valence-electron chi connectivity index (χ0n) is 9.53. The van der Waals surface area contributed by atoms with Gasteiger partial charge in [0.25, 0.3) is 0 Å². The van der Waals surface area contributed by atoms with Gasteiger partial charge >= 0.3 is 0 Å². The Balaban J connectivity index is 2.68. The smallest absolute Gasteiger partial charge is 0.173 e. The monoisotopic (exact) mass is 250 g/mol. The third-order valence-electron chi connectivity index (χ3n) is 2.06. The molecule has 0 radical (unpaired) electrons. The molecule has 0 atom stereocenters. The van der Waals surface area contributed by atoms with Crippen LogP contribution in [0.2, 0.25) is 0 Å². The van der Waals surface area contributed by atoms with Crippen molar-refractivity contribution < 1.29 is 4.39 Å². The van der Waals surface area contributed by atoms with Crippen molar-refractivity contribution in [2.45, 2.75) is 0 Å². The number of nitrogens with zero attached hydrogens (tertiary/aromatic N) is 1. The average molecular weight is 250 g/mol. The highest BCUT2D eigenvalue weighted by molar-refractivity contribution is 7.80. The van der Waals surface area contributed by atoms with Crippen molar-refractivity contribution in [3.8, 4) is 0 Å². The summed E-state index contributed by atoms with van der Waals surface area (Å²) in [7, 11) is 0. The molecule has 90 valence electrons. The summed E-state index contributed by atoms with van der Waals surface area (Å²) in [4.78, 5) is 1.88. The second kappa shape index (κ2) is 6.81. The Hall–Kier alpha value is -1.68. The predicted octanol–water partition coefficient (Wildman–Crippen LogP) is 3.20. The fourth-order valence-electron chi connectivity index (χ4n) is 1.32. The van der Waals surface area contributed by atoms with Crippen LogP contribution in [0.3, 0.4) is 0 Å². The van der Waals surface area contributed by atoms with Crippen LogP contribution in [0.15, 0.2) is 49.6 Å². The Morgan fingerprint density at radius 1 is 1.35 bits per heavy atom. The van der Waals surface area contributed by atoms with E-state index < -0.39 is 0 Å². The Labute approximate surface area is 106 Å². The van der Waals surface area contributed by atoms with Crippen LogP contribution in [0.5, 0.6) is 0 Å². The zero-order valence-corrected chi connectivity index (χ0v) is 10.3. The quantitative estimate of drug-likeness (QED) is 0.638. The highest BCUT2D eigenvalue weighted by Crippen LogP contribution is 2.10. The summed E-state index contributed by atoms with van der Waals surface area (Å²) < 4.78 is 13.0. The molecular formula is C13H15FN2S. The molecule has 0 aliphatic carbocycles. The Morgan fingerprint density at radius 2 is 2.00 bits per heavy atom. The molecule has 4 heteroatoms. The number of hydrogen-bond donors (Lipinski definition) is 1. The number of hydrogen-bond acceptors (Lipinski definition) is 1. The standard InChI is InChI=1S/C13H15FN2S/c1-3-8-16(9-4-2)13(17)15-12-7-5-6-11(14)10-12/h3-7,10H,1-2,8-9H2,(H,15,17). The maximum atomic E-state index is 13.0. The molecule has 0 aliphatic rings. The minimum absolute atomic E-state index is 0.295. The third kappa shape index (κ3) is 4.36. The molecule has 0 spiro atoms. The molecule has 1 rings (SSSR count). The number of anilines is 1. The van der Waals surface area contributed by atoms with Gasteiger partial charge in [-0.1, -0.05) is 18.2 Å². The molecule has 0 aromatic heterocycles. The minimum Gasteiger partial charge on any atom is -0.342 e. The largest absolute Gasteiger partial charge is 0.342 e. The van der Waals surface area contributed by atoms with Gasteiger partial charge in [-0.25, -0.2) is 4.39 Å². The second-order valence-electron chi connectivity index (χ2n) is 3.42. The summed E-state index contributed by atoms with van der Waals surface area (Å²) in [5, 5.41) is 3.50. The van der Waals surface area contributed by atoms with Gasteiger partial charge in [0.15, 0.2) is 5.11 Å². The van der Waals surface area contributed by atoms with E-state index in [4.69, 9.17) is 12.2 Å². The molecule has 0 fully saturated rings. The molecule has 2 nitrogen and oxygen atoms in total.